The van der Waals surface area contributed by atoms with E-state index in [1.54, 1.807) is 30.9 Å². The first kappa shape index (κ1) is 14.2. The minimum Gasteiger partial charge on any atom is -0.322 e. The monoisotopic (exact) mass is 296 g/mol. The second-order valence-electron chi connectivity index (χ2n) is 5.04. The third kappa shape index (κ3) is 2.97. The second-order valence-corrected chi connectivity index (χ2v) is 5.04. The zero-order valence-corrected chi connectivity index (χ0v) is 12.0. The molecule has 2 aromatic rings. The van der Waals surface area contributed by atoms with Gasteiger partial charge in [-0.05, 0) is 25.5 Å². The van der Waals surface area contributed by atoms with E-state index in [0.717, 1.165) is 19.4 Å². The summed E-state index contributed by atoms with van der Waals surface area (Å²) in [6.07, 6.45) is 13.7. The van der Waals surface area contributed by atoms with Crippen molar-refractivity contribution < 1.29 is 4.79 Å². The Kier molecular flexibility index (Phi) is 4.12. The third-order valence-corrected chi connectivity index (χ3v) is 3.57. The Morgan fingerprint density at radius 3 is 3.05 bits per heavy atom. The molecular formula is C15H16N6O. The standard InChI is InChI=1S/C15H16N6O/c1-2-8-20-9-3-5-13(20)14(22)19-12-10-18-21(11-12)15-16-6-4-7-17-15/h1,4,6-7,10-11,13H,3,5,8-9H2,(H,19,22)/t13-/m0/s1. The first-order valence-electron chi connectivity index (χ1n) is 7.08. The Bertz CT molecular complexity index is 690. The second kappa shape index (κ2) is 6.37. The number of amides is 1. The molecule has 1 N–H and O–H groups in total. The van der Waals surface area contributed by atoms with Crippen LogP contribution in [0.1, 0.15) is 12.8 Å². The fourth-order valence-electron chi connectivity index (χ4n) is 2.56. The number of carbonyl (C=O) groups excluding carboxylic acids is 1. The molecule has 1 aliphatic heterocycles. The van der Waals surface area contributed by atoms with E-state index in [2.05, 4.69) is 26.3 Å². The van der Waals surface area contributed by atoms with Gasteiger partial charge in [0.2, 0.25) is 11.9 Å². The summed E-state index contributed by atoms with van der Waals surface area (Å²) >= 11 is 0. The number of nitrogens with zero attached hydrogens (tertiary/aromatic N) is 5. The average Bonchev–Trinajstić information content (AvgIpc) is 3.18. The molecule has 3 heterocycles. The van der Waals surface area contributed by atoms with Crippen LogP contribution in [0.5, 0.6) is 0 Å². The van der Waals surface area contributed by atoms with Gasteiger partial charge in [-0.3, -0.25) is 9.69 Å². The largest absolute Gasteiger partial charge is 0.322 e. The lowest BCUT2D eigenvalue weighted by Gasteiger charge is -2.20. The lowest BCUT2D eigenvalue weighted by atomic mass is 10.2. The molecule has 7 nitrogen and oxygen atoms in total. The number of hydrogen-bond acceptors (Lipinski definition) is 5. The molecule has 1 saturated heterocycles. The number of terminal acetylenes is 1. The topological polar surface area (TPSA) is 75.9 Å². The van der Waals surface area contributed by atoms with Gasteiger partial charge in [-0.15, -0.1) is 6.42 Å². The van der Waals surface area contributed by atoms with Gasteiger partial charge in [0.25, 0.3) is 0 Å². The highest BCUT2D eigenvalue weighted by atomic mass is 16.2. The van der Waals surface area contributed by atoms with E-state index in [4.69, 9.17) is 6.42 Å². The van der Waals surface area contributed by atoms with Crippen molar-refractivity contribution in [1.82, 2.24) is 24.6 Å². The van der Waals surface area contributed by atoms with Crippen LogP contribution < -0.4 is 5.32 Å². The number of likely N-dealkylation sites (tertiary alicyclic amines) is 1. The fourth-order valence-corrected chi connectivity index (χ4v) is 2.56. The maximum absolute atomic E-state index is 12.4. The highest BCUT2D eigenvalue weighted by Crippen LogP contribution is 2.18. The summed E-state index contributed by atoms with van der Waals surface area (Å²) in [5.74, 6) is 3.00. The van der Waals surface area contributed by atoms with Gasteiger partial charge in [0.15, 0.2) is 0 Å². The van der Waals surface area contributed by atoms with Crippen molar-refractivity contribution >= 4 is 11.6 Å². The van der Waals surface area contributed by atoms with Gasteiger partial charge < -0.3 is 5.32 Å². The van der Waals surface area contributed by atoms with E-state index in [-0.39, 0.29) is 11.9 Å². The summed E-state index contributed by atoms with van der Waals surface area (Å²) in [6.45, 7) is 1.36. The van der Waals surface area contributed by atoms with Crippen LogP contribution in [0.15, 0.2) is 30.9 Å². The van der Waals surface area contributed by atoms with Crippen molar-refractivity contribution in [3.05, 3.63) is 30.9 Å². The van der Waals surface area contributed by atoms with Gasteiger partial charge in [-0.25, -0.2) is 14.6 Å². The normalized spacial score (nSPS) is 18.0. The molecule has 0 aliphatic carbocycles. The molecule has 0 spiro atoms. The minimum absolute atomic E-state index is 0.0544. The lowest BCUT2D eigenvalue weighted by molar-refractivity contribution is -0.120. The van der Waals surface area contributed by atoms with Gasteiger partial charge in [0, 0.05) is 12.4 Å². The summed E-state index contributed by atoms with van der Waals surface area (Å²) < 4.78 is 1.52. The van der Waals surface area contributed by atoms with Gasteiger partial charge in [-0.2, -0.15) is 5.10 Å². The molecule has 1 aliphatic rings. The lowest BCUT2D eigenvalue weighted by Crippen LogP contribution is -2.39. The summed E-state index contributed by atoms with van der Waals surface area (Å²) in [6, 6.07) is 1.56. The molecule has 0 saturated carbocycles. The molecule has 0 unspecified atom stereocenters. The number of nitrogens with one attached hydrogen (secondary N) is 1. The molecule has 7 heteroatoms. The molecule has 1 fully saturated rings. The summed E-state index contributed by atoms with van der Waals surface area (Å²) in [7, 11) is 0. The van der Waals surface area contributed by atoms with Crippen LogP contribution in [0.25, 0.3) is 5.95 Å². The van der Waals surface area contributed by atoms with Crippen molar-refractivity contribution in [1.29, 1.82) is 0 Å². The minimum atomic E-state index is -0.174. The highest BCUT2D eigenvalue weighted by Gasteiger charge is 2.30. The van der Waals surface area contributed by atoms with Crippen molar-refractivity contribution in [2.24, 2.45) is 0 Å². The molecule has 0 radical (unpaired) electrons. The summed E-state index contributed by atoms with van der Waals surface area (Å²) in [5, 5.41) is 7.03. The Morgan fingerprint density at radius 2 is 2.27 bits per heavy atom. The fraction of sp³-hybridized carbons (Fsp3) is 0.333. The third-order valence-electron chi connectivity index (χ3n) is 3.57. The van der Waals surface area contributed by atoms with Crippen LogP contribution in [0.4, 0.5) is 5.69 Å². The summed E-state index contributed by atoms with van der Waals surface area (Å²) in [4.78, 5) is 22.6. The van der Waals surface area contributed by atoms with E-state index in [0.29, 0.717) is 18.2 Å². The molecule has 0 bridgehead atoms. The number of anilines is 1. The van der Waals surface area contributed by atoms with E-state index in [1.165, 1.54) is 4.68 Å². The van der Waals surface area contributed by atoms with Gasteiger partial charge in [0.05, 0.1) is 30.7 Å². The molecular weight excluding hydrogens is 280 g/mol. The van der Waals surface area contributed by atoms with E-state index >= 15 is 0 Å². The number of carbonyl (C=O) groups is 1. The number of rotatable bonds is 4. The zero-order valence-electron chi connectivity index (χ0n) is 12.0. The Morgan fingerprint density at radius 1 is 1.45 bits per heavy atom. The maximum atomic E-state index is 12.4. The molecule has 1 atom stereocenters. The van der Waals surface area contributed by atoms with Gasteiger partial charge in [0.1, 0.15) is 0 Å². The zero-order chi connectivity index (χ0) is 15.4. The Labute approximate surface area is 128 Å². The van der Waals surface area contributed by atoms with Crippen molar-refractivity contribution in [2.45, 2.75) is 18.9 Å². The van der Waals surface area contributed by atoms with E-state index < -0.39 is 0 Å². The molecule has 1 amide bonds. The first-order chi connectivity index (χ1) is 10.8. The van der Waals surface area contributed by atoms with Crippen LogP contribution in [0, 0.1) is 12.3 Å². The molecule has 112 valence electrons. The van der Waals surface area contributed by atoms with Crippen LogP contribution in [-0.4, -0.2) is 49.7 Å². The molecule has 0 aromatic carbocycles. The van der Waals surface area contributed by atoms with Crippen LogP contribution >= 0.6 is 0 Å². The van der Waals surface area contributed by atoms with Crippen LogP contribution in [-0.2, 0) is 4.79 Å². The van der Waals surface area contributed by atoms with Crippen molar-refractivity contribution in [3.8, 4) is 18.3 Å². The summed E-state index contributed by atoms with van der Waals surface area (Å²) in [5.41, 5.74) is 0.616. The molecule has 3 rings (SSSR count). The quantitative estimate of drug-likeness (QED) is 0.841. The van der Waals surface area contributed by atoms with Gasteiger partial charge in [-0.1, -0.05) is 5.92 Å². The van der Waals surface area contributed by atoms with E-state index in [1.807, 2.05) is 4.90 Å². The van der Waals surface area contributed by atoms with Gasteiger partial charge >= 0.3 is 0 Å². The smallest absolute Gasteiger partial charge is 0.250 e. The van der Waals surface area contributed by atoms with Crippen molar-refractivity contribution in [2.75, 3.05) is 18.4 Å². The number of aromatic nitrogens is 4. The Hall–Kier alpha value is -2.72. The molecule has 2 aromatic heterocycles. The highest BCUT2D eigenvalue weighted by molar-refractivity contribution is 5.94. The number of hydrogen-bond donors (Lipinski definition) is 1. The van der Waals surface area contributed by atoms with E-state index in [9.17, 15) is 4.79 Å². The van der Waals surface area contributed by atoms with Crippen LogP contribution in [0.2, 0.25) is 0 Å². The predicted molar refractivity (Wildman–Crippen MR) is 81.2 cm³/mol. The van der Waals surface area contributed by atoms with Crippen molar-refractivity contribution in [3.63, 3.8) is 0 Å². The predicted octanol–water partition coefficient (Wildman–Crippen LogP) is 0.698. The Balaban J connectivity index is 1.68. The van der Waals surface area contributed by atoms with Crippen LogP contribution in [0.3, 0.4) is 0 Å². The maximum Gasteiger partial charge on any atom is 0.250 e. The average molecular weight is 296 g/mol. The molecule has 22 heavy (non-hydrogen) atoms. The SMILES string of the molecule is C#CCN1CCC[C@H]1C(=O)Nc1cnn(-c2ncccn2)c1. The first-order valence-corrected chi connectivity index (χ1v) is 7.08.